The maximum Gasteiger partial charge on any atom is 0.387 e. The molecule has 1 heterocycles. The van der Waals surface area contributed by atoms with Gasteiger partial charge < -0.3 is 4.74 Å². The van der Waals surface area contributed by atoms with Gasteiger partial charge in [0.2, 0.25) is 0 Å². The molecular weight excluding hydrogens is 333 g/mol. The first-order valence-corrected chi connectivity index (χ1v) is 7.36. The van der Waals surface area contributed by atoms with E-state index in [-0.39, 0.29) is 11.3 Å². The van der Waals surface area contributed by atoms with Crippen LogP contribution in [-0.2, 0) is 0 Å². The van der Waals surface area contributed by atoms with Crippen molar-refractivity contribution in [3.8, 4) is 22.7 Å². The van der Waals surface area contributed by atoms with Crippen LogP contribution < -0.4 is 10.3 Å². The minimum atomic E-state index is -2.90. The number of benzene rings is 2. The third-order valence-electron chi connectivity index (χ3n) is 3.52. The summed E-state index contributed by atoms with van der Waals surface area (Å²) in [5.41, 5.74) is 1.40. The molecule has 0 radical (unpaired) electrons. The molecule has 0 aliphatic rings. The molecule has 25 heavy (non-hydrogen) atoms. The van der Waals surface area contributed by atoms with Crippen molar-refractivity contribution in [2.45, 2.75) is 13.5 Å². The molecule has 4 nitrogen and oxygen atoms in total. The molecule has 0 saturated heterocycles. The van der Waals surface area contributed by atoms with Crippen molar-refractivity contribution in [1.82, 2.24) is 9.78 Å². The molecule has 7 heteroatoms. The highest BCUT2D eigenvalue weighted by molar-refractivity contribution is 5.60. The van der Waals surface area contributed by atoms with Gasteiger partial charge in [-0.3, -0.25) is 4.79 Å². The van der Waals surface area contributed by atoms with Crippen molar-refractivity contribution >= 4 is 0 Å². The highest BCUT2D eigenvalue weighted by Gasteiger charge is 2.10. The van der Waals surface area contributed by atoms with Gasteiger partial charge in [-0.2, -0.15) is 18.6 Å². The Kier molecular flexibility index (Phi) is 4.56. The Bertz CT molecular complexity index is 953. The fourth-order valence-electron chi connectivity index (χ4n) is 2.35. The first-order valence-electron chi connectivity index (χ1n) is 7.36. The summed E-state index contributed by atoms with van der Waals surface area (Å²) in [6.07, 6.45) is 0. The number of hydrogen-bond donors (Lipinski definition) is 0. The van der Waals surface area contributed by atoms with Gasteiger partial charge in [0.25, 0.3) is 5.56 Å². The predicted molar refractivity (Wildman–Crippen MR) is 86.6 cm³/mol. The average Bonchev–Trinajstić information content (AvgIpc) is 2.57. The fraction of sp³-hybridized carbons (Fsp3) is 0.111. The number of aromatic nitrogens is 2. The van der Waals surface area contributed by atoms with Crippen LogP contribution in [0, 0.1) is 12.7 Å². The van der Waals surface area contributed by atoms with Crippen molar-refractivity contribution in [3.63, 3.8) is 0 Å². The fourth-order valence-corrected chi connectivity index (χ4v) is 2.35. The number of alkyl halides is 2. The van der Waals surface area contributed by atoms with Gasteiger partial charge in [0, 0.05) is 11.1 Å². The molecule has 0 unspecified atom stereocenters. The minimum absolute atomic E-state index is 0.0222. The summed E-state index contributed by atoms with van der Waals surface area (Å²) in [4.78, 5) is 12.3. The van der Waals surface area contributed by atoms with Gasteiger partial charge in [0.1, 0.15) is 11.6 Å². The van der Waals surface area contributed by atoms with E-state index in [1.807, 2.05) is 0 Å². The molecule has 0 amide bonds. The Morgan fingerprint density at radius 1 is 1.08 bits per heavy atom. The highest BCUT2D eigenvalue weighted by atomic mass is 19.3. The summed E-state index contributed by atoms with van der Waals surface area (Å²) in [6, 6.07) is 13.0. The number of hydrogen-bond acceptors (Lipinski definition) is 3. The van der Waals surface area contributed by atoms with E-state index < -0.39 is 12.4 Å². The highest BCUT2D eigenvalue weighted by Crippen LogP contribution is 2.22. The zero-order valence-electron chi connectivity index (χ0n) is 13.1. The molecule has 0 aliphatic heterocycles. The first kappa shape index (κ1) is 16.8. The lowest BCUT2D eigenvalue weighted by molar-refractivity contribution is -0.0498. The Balaban J connectivity index is 2.05. The summed E-state index contributed by atoms with van der Waals surface area (Å²) in [7, 11) is 0. The van der Waals surface area contributed by atoms with E-state index in [9.17, 15) is 18.0 Å². The Morgan fingerprint density at radius 2 is 1.80 bits per heavy atom. The molecule has 0 atom stereocenters. The molecule has 1 aromatic heterocycles. The molecule has 3 rings (SSSR count). The van der Waals surface area contributed by atoms with Gasteiger partial charge >= 0.3 is 6.61 Å². The first-order chi connectivity index (χ1) is 11.9. The number of halogens is 3. The summed E-state index contributed by atoms with van der Waals surface area (Å²) in [6.45, 7) is -1.28. The zero-order chi connectivity index (χ0) is 18.0. The largest absolute Gasteiger partial charge is 0.435 e. The lowest BCUT2D eigenvalue weighted by atomic mass is 10.1. The lowest BCUT2D eigenvalue weighted by Gasteiger charge is -2.10. The number of nitrogens with zero attached hydrogens (tertiary/aromatic N) is 2. The van der Waals surface area contributed by atoms with Gasteiger partial charge in [0.05, 0.1) is 11.4 Å². The maximum absolute atomic E-state index is 13.4. The Morgan fingerprint density at radius 3 is 2.44 bits per heavy atom. The van der Waals surface area contributed by atoms with E-state index in [0.717, 1.165) is 4.68 Å². The Labute approximate surface area is 141 Å². The van der Waals surface area contributed by atoms with Crippen LogP contribution in [0.3, 0.4) is 0 Å². The predicted octanol–water partition coefficient (Wildman–Crippen LogP) is 3.95. The molecule has 128 valence electrons. The van der Waals surface area contributed by atoms with Crippen LogP contribution in [0.15, 0.2) is 59.4 Å². The smallest absolute Gasteiger partial charge is 0.387 e. The third-order valence-corrected chi connectivity index (χ3v) is 3.52. The summed E-state index contributed by atoms with van der Waals surface area (Å²) < 4.78 is 43.3. The summed E-state index contributed by atoms with van der Waals surface area (Å²) >= 11 is 0. The second-order valence-corrected chi connectivity index (χ2v) is 5.31. The van der Waals surface area contributed by atoms with E-state index >= 15 is 0 Å². The van der Waals surface area contributed by atoms with E-state index in [4.69, 9.17) is 0 Å². The van der Waals surface area contributed by atoms with Crippen LogP contribution in [0.1, 0.15) is 5.56 Å². The van der Waals surface area contributed by atoms with Gasteiger partial charge in [0.15, 0.2) is 0 Å². The Hall–Kier alpha value is -3.09. The zero-order valence-corrected chi connectivity index (χ0v) is 13.1. The number of ether oxygens (including phenoxy) is 1. The summed E-state index contributed by atoms with van der Waals surface area (Å²) in [5.74, 6) is -0.461. The van der Waals surface area contributed by atoms with E-state index in [1.54, 1.807) is 31.2 Å². The third kappa shape index (κ3) is 3.71. The molecular formula is C18H13F3N2O2. The molecule has 0 aliphatic carbocycles. The molecule has 3 aromatic rings. The molecule has 0 bridgehead atoms. The van der Waals surface area contributed by atoms with Gasteiger partial charge in [-0.15, -0.1) is 0 Å². The monoisotopic (exact) mass is 346 g/mol. The molecule has 0 fully saturated rings. The van der Waals surface area contributed by atoms with Crippen LogP contribution in [0.2, 0.25) is 0 Å². The number of aryl methyl sites for hydroxylation is 1. The molecule has 0 spiro atoms. The van der Waals surface area contributed by atoms with Crippen LogP contribution >= 0.6 is 0 Å². The van der Waals surface area contributed by atoms with E-state index in [2.05, 4.69) is 9.84 Å². The van der Waals surface area contributed by atoms with Crippen LogP contribution in [-0.4, -0.2) is 16.4 Å². The van der Waals surface area contributed by atoms with Gasteiger partial charge in [-0.25, -0.2) is 4.39 Å². The SMILES string of the molecule is Cc1cc(-c2ccc(OC(F)F)cc2)nn(-c2cccc(F)c2)c1=O. The topological polar surface area (TPSA) is 44.1 Å². The average molecular weight is 346 g/mol. The van der Waals surface area contributed by atoms with E-state index in [1.165, 1.54) is 30.3 Å². The minimum Gasteiger partial charge on any atom is -0.435 e. The van der Waals surface area contributed by atoms with Crippen molar-refractivity contribution in [2.75, 3.05) is 0 Å². The number of rotatable bonds is 4. The second kappa shape index (κ2) is 6.80. The normalized spacial score (nSPS) is 10.9. The maximum atomic E-state index is 13.4. The molecule has 0 N–H and O–H groups in total. The second-order valence-electron chi connectivity index (χ2n) is 5.31. The summed E-state index contributed by atoms with van der Waals surface area (Å²) in [5, 5.41) is 4.25. The molecule has 0 saturated carbocycles. The van der Waals surface area contributed by atoms with Crippen molar-refractivity contribution < 1.29 is 17.9 Å². The standard InChI is InChI=1S/C18H13F3N2O2/c1-11-9-16(12-5-7-15(8-6-12)25-18(20)21)22-23(17(11)24)14-4-2-3-13(19)10-14/h2-10,18H,1H3. The van der Waals surface area contributed by atoms with Gasteiger partial charge in [-0.05, 0) is 55.5 Å². The van der Waals surface area contributed by atoms with Crippen LogP contribution in [0.4, 0.5) is 13.2 Å². The quantitative estimate of drug-likeness (QED) is 0.718. The van der Waals surface area contributed by atoms with Crippen molar-refractivity contribution in [1.29, 1.82) is 0 Å². The van der Waals surface area contributed by atoms with Crippen LogP contribution in [0.5, 0.6) is 5.75 Å². The van der Waals surface area contributed by atoms with Crippen LogP contribution in [0.25, 0.3) is 16.9 Å². The van der Waals surface area contributed by atoms with Gasteiger partial charge in [-0.1, -0.05) is 6.07 Å². The van der Waals surface area contributed by atoms with Crippen molar-refractivity contribution in [2.24, 2.45) is 0 Å². The lowest BCUT2D eigenvalue weighted by Crippen LogP contribution is -2.23. The van der Waals surface area contributed by atoms with Crippen molar-refractivity contribution in [3.05, 3.63) is 76.3 Å². The van der Waals surface area contributed by atoms with E-state index in [0.29, 0.717) is 22.5 Å². The molecule has 2 aromatic carbocycles.